The Hall–Kier alpha value is -2.46. The van der Waals surface area contributed by atoms with Crippen molar-refractivity contribution in [1.82, 2.24) is 13.9 Å². The summed E-state index contributed by atoms with van der Waals surface area (Å²) in [6, 6.07) is 4.77. The van der Waals surface area contributed by atoms with Crippen LogP contribution in [0.3, 0.4) is 0 Å². The summed E-state index contributed by atoms with van der Waals surface area (Å²) in [5.41, 5.74) is 7.24. The van der Waals surface area contributed by atoms with Crippen LogP contribution in [0, 0.1) is 5.82 Å². The van der Waals surface area contributed by atoms with E-state index in [0.29, 0.717) is 37.3 Å². The zero-order valence-electron chi connectivity index (χ0n) is 16.2. The maximum Gasteiger partial charge on any atom is 0.284 e. The molecule has 1 unspecified atom stereocenters. The summed E-state index contributed by atoms with van der Waals surface area (Å²) < 4.78 is 42.7. The van der Waals surface area contributed by atoms with Crippen LogP contribution in [0.4, 0.5) is 10.1 Å². The van der Waals surface area contributed by atoms with Gasteiger partial charge in [-0.2, -0.15) is 4.31 Å². The van der Waals surface area contributed by atoms with Gasteiger partial charge in [0.1, 0.15) is 5.82 Å². The molecule has 4 rings (SSSR count). The van der Waals surface area contributed by atoms with Gasteiger partial charge < -0.3 is 15.2 Å². The number of nitrogens with two attached hydrogens (primary N) is 1. The highest BCUT2D eigenvalue weighted by Gasteiger charge is 2.32. The van der Waals surface area contributed by atoms with E-state index >= 15 is 0 Å². The molecule has 2 N–H and O–H groups in total. The average molecular weight is 421 g/mol. The number of halogens is 1. The van der Waals surface area contributed by atoms with Crippen LogP contribution in [-0.2, 0) is 29.7 Å². The fourth-order valence-corrected chi connectivity index (χ4v) is 5.83. The molecule has 2 aliphatic rings. The molecule has 1 aromatic carbocycles. The number of fused-ring (bicyclic) bond motifs is 1. The lowest BCUT2D eigenvalue weighted by atomic mass is 10.1. The van der Waals surface area contributed by atoms with E-state index in [1.165, 1.54) is 10.4 Å². The molecule has 10 heteroatoms. The van der Waals surface area contributed by atoms with Crippen LogP contribution in [0.15, 0.2) is 24.4 Å². The largest absolute Gasteiger partial charge is 0.364 e. The van der Waals surface area contributed by atoms with Crippen molar-refractivity contribution < 1.29 is 17.6 Å². The van der Waals surface area contributed by atoms with E-state index in [2.05, 4.69) is 4.98 Å². The zero-order valence-corrected chi connectivity index (χ0v) is 17.0. The monoisotopic (exact) mass is 421 g/mol. The maximum absolute atomic E-state index is 14.8. The van der Waals surface area contributed by atoms with E-state index in [4.69, 9.17) is 5.73 Å². The predicted molar refractivity (Wildman–Crippen MR) is 106 cm³/mol. The quantitative estimate of drug-likeness (QED) is 0.805. The average Bonchev–Trinajstić information content (AvgIpc) is 3.09. The van der Waals surface area contributed by atoms with Gasteiger partial charge in [0.05, 0.1) is 24.2 Å². The first kappa shape index (κ1) is 19.8. The number of anilines is 1. The Morgan fingerprint density at radius 1 is 1.34 bits per heavy atom. The van der Waals surface area contributed by atoms with Crippen molar-refractivity contribution in [3.8, 4) is 0 Å². The fraction of sp³-hybridized carbons (Fsp3) is 0.474. The van der Waals surface area contributed by atoms with E-state index in [1.54, 1.807) is 22.9 Å². The highest BCUT2D eigenvalue weighted by Crippen LogP contribution is 2.27. The molecule has 8 nitrogen and oxygen atoms in total. The van der Waals surface area contributed by atoms with E-state index in [-0.39, 0.29) is 24.2 Å². The van der Waals surface area contributed by atoms with E-state index < -0.39 is 21.7 Å². The summed E-state index contributed by atoms with van der Waals surface area (Å²) in [5.74, 6) is -0.640. The van der Waals surface area contributed by atoms with Crippen LogP contribution < -0.4 is 10.6 Å². The van der Waals surface area contributed by atoms with Gasteiger partial charge >= 0.3 is 0 Å². The van der Waals surface area contributed by atoms with Gasteiger partial charge in [0.25, 0.3) is 5.91 Å². The minimum Gasteiger partial charge on any atom is -0.364 e. The number of aromatic nitrogens is 2. The third-order valence-corrected chi connectivity index (χ3v) is 7.71. The number of sulfonamides is 1. The lowest BCUT2D eigenvalue weighted by Crippen LogP contribution is -2.43. The van der Waals surface area contributed by atoms with Crippen molar-refractivity contribution >= 4 is 21.6 Å². The molecule has 2 aromatic rings. The molecule has 3 heterocycles. The van der Waals surface area contributed by atoms with Gasteiger partial charge in [-0.05, 0) is 31.9 Å². The summed E-state index contributed by atoms with van der Waals surface area (Å²) in [5, 5.41) is 0. The number of primary amides is 1. The molecule has 1 fully saturated rings. The van der Waals surface area contributed by atoms with Gasteiger partial charge in [0, 0.05) is 36.9 Å². The Kier molecular flexibility index (Phi) is 5.07. The molecular weight excluding hydrogens is 397 g/mol. The van der Waals surface area contributed by atoms with Crippen LogP contribution in [0.2, 0.25) is 0 Å². The molecular formula is C19H24FN5O3S. The molecule has 1 atom stereocenters. The van der Waals surface area contributed by atoms with Crippen molar-refractivity contribution in [2.45, 2.75) is 45.4 Å². The second kappa shape index (κ2) is 7.42. The number of rotatable bonds is 4. The van der Waals surface area contributed by atoms with Crippen LogP contribution in [0.1, 0.15) is 41.6 Å². The highest BCUT2D eigenvalue weighted by molar-refractivity contribution is 7.89. The van der Waals surface area contributed by atoms with Crippen LogP contribution >= 0.6 is 0 Å². The Morgan fingerprint density at radius 3 is 2.83 bits per heavy atom. The number of imidazole rings is 1. The summed E-state index contributed by atoms with van der Waals surface area (Å²) in [7, 11) is -3.35. The summed E-state index contributed by atoms with van der Waals surface area (Å²) >= 11 is 0. The second-order valence-electron chi connectivity index (χ2n) is 7.64. The molecule has 0 spiro atoms. The van der Waals surface area contributed by atoms with Gasteiger partial charge in [0.2, 0.25) is 10.0 Å². The van der Waals surface area contributed by atoms with Crippen molar-refractivity contribution in [3.63, 3.8) is 0 Å². The number of hydrogen-bond donors (Lipinski definition) is 1. The van der Waals surface area contributed by atoms with Gasteiger partial charge in [-0.15, -0.1) is 0 Å². The van der Waals surface area contributed by atoms with Crippen molar-refractivity contribution in [1.29, 1.82) is 0 Å². The van der Waals surface area contributed by atoms with Crippen LogP contribution in [0.5, 0.6) is 0 Å². The summed E-state index contributed by atoms with van der Waals surface area (Å²) in [6.07, 6.45) is 3.04. The molecule has 0 bridgehead atoms. The summed E-state index contributed by atoms with van der Waals surface area (Å²) in [4.78, 5) is 17.5. The van der Waals surface area contributed by atoms with E-state index in [9.17, 15) is 17.6 Å². The third kappa shape index (κ3) is 3.74. The minimum atomic E-state index is -3.35. The molecule has 29 heavy (non-hydrogen) atoms. The molecule has 1 aromatic heterocycles. The number of amides is 1. The highest BCUT2D eigenvalue weighted by atomic mass is 32.2. The van der Waals surface area contributed by atoms with Gasteiger partial charge in [-0.1, -0.05) is 6.07 Å². The number of hydrogen-bond acceptors (Lipinski definition) is 5. The number of carbonyl (C=O) groups excluding carboxylic acids is 1. The lowest BCUT2D eigenvalue weighted by Gasteiger charge is -2.33. The molecule has 0 radical (unpaired) electrons. The summed E-state index contributed by atoms with van der Waals surface area (Å²) in [6.45, 7) is 3.50. The number of nitrogens with zero attached hydrogens (tertiary/aromatic N) is 4. The number of carbonyl (C=O) groups is 1. The second-order valence-corrected chi connectivity index (χ2v) is 9.68. The lowest BCUT2D eigenvalue weighted by molar-refractivity contribution is 0.0985. The SMILES string of the molecule is CC1CCCS(=O)(=O)N1Cc1ccc(N2CCn3c(cnc3C(N)=O)C2)cc1F. The third-order valence-electron chi connectivity index (χ3n) is 5.71. The zero-order chi connectivity index (χ0) is 20.8. The van der Waals surface area contributed by atoms with Crippen molar-refractivity contribution in [2.75, 3.05) is 17.2 Å². The first-order valence-electron chi connectivity index (χ1n) is 9.63. The normalized spacial score (nSPS) is 21.7. The Balaban J connectivity index is 1.52. The van der Waals surface area contributed by atoms with Crippen LogP contribution in [-0.4, -0.2) is 46.5 Å². The minimum absolute atomic E-state index is 0.0460. The molecule has 1 saturated heterocycles. The predicted octanol–water partition coefficient (Wildman–Crippen LogP) is 1.46. The van der Waals surface area contributed by atoms with E-state index in [0.717, 1.165) is 12.1 Å². The smallest absolute Gasteiger partial charge is 0.284 e. The first-order chi connectivity index (χ1) is 13.8. The van der Waals surface area contributed by atoms with E-state index in [1.807, 2.05) is 11.8 Å². The molecule has 1 amide bonds. The molecule has 0 aliphatic carbocycles. The number of benzene rings is 1. The molecule has 0 saturated carbocycles. The van der Waals surface area contributed by atoms with Crippen molar-refractivity contribution in [3.05, 3.63) is 47.3 Å². The fourth-order valence-electron chi connectivity index (χ4n) is 4.08. The Labute approximate surface area is 169 Å². The first-order valence-corrected chi connectivity index (χ1v) is 11.2. The molecule has 156 valence electrons. The standard InChI is InChI=1S/C19H24FN5O3S/c1-13-3-2-8-29(27,28)25(13)11-14-4-5-15(9-17(14)20)23-6-7-24-16(12-23)10-22-19(24)18(21)26/h4-5,9-10,13H,2-3,6-8,11-12H2,1H3,(H2,21,26). The van der Waals surface area contributed by atoms with Gasteiger partial charge in [-0.3, -0.25) is 4.79 Å². The topological polar surface area (TPSA) is 102 Å². The Bertz CT molecular complexity index is 1050. The maximum atomic E-state index is 14.8. The molecule has 2 aliphatic heterocycles. The van der Waals surface area contributed by atoms with Crippen LogP contribution in [0.25, 0.3) is 0 Å². The Morgan fingerprint density at radius 2 is 2.14 bits per heavy atom. The van der Waals surface area contributed by atoms with Gasteiger partial charge in [-0.25, -0.2) is 17.8 Å². The van der Waals surface area contributed by atoms with Crippen molar-refractivity contribution in [2.24, 2.45) is 5.73 Å². The van der Waals surface area contributed by atoms with Gasteiger partial charge in [0.15, 0.2) is 5.82 Å².